The van der Waals surface area contributed by atoms with E-state index in [1.165, 1.54) is 31.2 Å². The Balaban J connectivity index is 1.68. The molecule has 0 aromatic carbocycles. The average molecular weight is 290 g/mol. The van der Waals surface area contributed by atoms with Crippen molar-refractivity contribution in [3.8, 4) is 0 Å². The zero-order chi connectivity index (χ0) is 13.9. The molecule has 1 N–H and O–H groups in total. The Labute approximate surface area is 124 Å². The smallest absolute Gasteiger partial charge is 0.0940 e. The van der Waals surface area contributed by atoms with Crippen molar-refractivity contribution < 1.29 is 5.11 Å². The fraction of sp³-hybridized carbons (Fsp3) is 0.562. The van der Waals surface area contributed by atoms with E-state index in [9.17, 15) is 5.11 Å². The minimum absolute atomic E-state index is 0.420. The Morgan fingerprint density at radius 2 is 2.20 bits per heavy atom. The van der Waals surface area contributed by atoms with Gasteiger partial charge in [0, 0.05) is 17.5 Å². The first-order valence-electron chi connectivity index (χ1n) is 7.56. The second kappa shape index (κ2) is 6.10. The van der Waals surface area contributed by atoms with Crippen molar-refractivity contribution in [2.45, 2.75) is 57.6 Å². The molecule has 20 heavy (non-hydrogen) atoms. The highest BCUT2D eigenvalue weighted by Gasteiger charge is 2.19. The summed E-state index contributed by atoms with van der Waals surface area (Å²) in [6.45, 7) is 2.13. The quantitative estimate of drug-likeness (QED) is 0.907. The van der Waals surface area contributed by atoms with Crippen LogP contribution < -0.4 is 0 Å². The van der Waals surface area contributed by atoms with Gasteiger partial charge in [-0.15, -0.1) is 11.3 Å². The number of hydrogen-bond donors (Lipinski definition) is 1. The number of aromatic nitrogens is 2. The van der Waals surface area contributed by atoms with Gasteiger partial charge in [-0.05, 0) is 42.3 Å². The standard InChI is InChI=1S/C16H22N2OS/c1-2-12-8-10-20-16(12)15(19)11-13-7-9-18(17-13)14-5-3-4-6-14/h7-10,14-15,19H,2-6,11H2,1H3. The molecule has 1 fully saturated rings. The largest absolute Gasteiger partial charge is 0.387 e. The van der Waals surface area contributed by atoms with Crippen LogP contribution in [0.2, 0.25) is 0 Å². The van der Waals surface area contributed by atoms with Gasteiger partial charge in [-0.3, -0.25) is 4.68 Å². The molecule has 3 nitrogen and oxygen atoms in total. The van der Waals surface area contributed by atoms with Gasteiger partial charge < -0.3 is 5.11 Å². The molecule has 4 heteroatoms. The monoisotopic (exact) mass is 290 g/mol. The van der Waals surface area contributed by atoms with E-state index >= 15 is 0 Å². The molecule has 1 atom stereocenters. The van der Waals surface area contributed by atoms with Crippen LogP contribution >= 0.6 is 11.3 Å². The minimum atomic E-state index is -0.420. The van der Waals surface area contributed by atoms with Crippen LogP contribution in [0.5, 0.6) is 0 Å². The summed E-state index contributed by atoms with van der Waals surface area (Å²) in [5.74, 6) is 0. The van der Waals surface area contributed by atoms with Crippen LogP contribution in [0.3, 0.4) is 0 Å². The van der Waals surface area contributed by atoms with E-state index in [-0.39, 0.29) is 0 Å². The van der Waals surface area contributed by atoms with Gasteiger partial charge in [0.2, 0.25) is 0 Å². The molecule has 0 spiro atoms. The second-order valence-corrected chi connectivity index (χ2v) is 6.56. The zero-order valence-electron chi connectivity index (χ0n) is 12.0. The molecule has 1 unspecified atom stereocenters. The summed E-state index contributed by atoms with van der Waals surface area (Å²) in [4.78, 5) is 1.10. The molecule has 1 aliphatic rings. The van der Waals surface area contributed by atoms with Crippen molar-refractivity contribution in [3.63, 3.8) is 0 Å². The lowest BCUT2D eigenvalue weighted by Crippen LogP contribution is -2.07. The molecule has 3 rings (SSSR count). The number of nitrogens with zero attached hydrogens (tertiary/aromatic N) is 2. The fourth-order valence-corrected chi connectivity index (χ4v) is 4.06. The highest BCUT2D eigenvalue weighted by Crippen LogP contribution is 2.30. The van der Waals surface area contributed by atoms with Crippen LogP contribution in [-0.4, -0.2) is 14.9 Å². The molecule has 2 heterocycles. The van der Waals surface area contributed by atoms with Crippen molar-refractivity contribution in [3.05, 3.63) is 39.8 Å². The first kappa shape index (κ1) is 13.8. The molecule has 0 aliphatic heterocycles. The van der Waals surface area contributed by atoms with Gasteiger partial charge in [-0.2, -0.15) is 5.10 Å². The van der Waals surface area contributed by atoms with E-state index in [0.717, 1.165) is 17.0 Å². The van der Waals surface area contributed by atoms with E-state index in [2.05, 4.69) is 40.4 Å². The number of aliphatic hydroxyl groups excluding tert-OH is 1. The van der Waals surface area contributed by atoms with Gasteiger partial charge in [0.25, 0.3) is 0 Å². The maximum Gasteiger partial charge on any atom is 0.0940 e. The van der Waals surface area contributed by atoms with Gasteiger partial charge in [0.05, 0.1) is 17.8 Å². The normalized spacial score (nSPS) is 17.7. The number of aryl methyl sites for hydroxylation is 1. The summed E-state index contributed by atoms with van der Waals surface area (Å²) in [5.41, 5.74) is 2.26. The Morgan fingerprint density at radius 1 is 1.40 bits per heavy atom. The molecule has 0 radical (unpaired) electrons. The minimum Gasteiger partial charge on any atom is -0.387 e. The van der Waals surface area contributed by atoms with E-state index < -0.39 is 6.10 Å². The predicted octanol–water partition coefficient (Wildman–Crippen LogP) is 3.90. The maximum atomic E-state index is 10.4. The van der Waals surface area contributed by atoms with Crippen molar-refractivity contribution in [2.24, 2.45) is 0 Å². The van der Waals surface area contributed by atoms with E-state index in [4.69, 9.17) is 0 Å². The third-order valence-electron chi connectivity index (χ3n) is 4.23. The summed E-state index contributed by atoms with van der Waals surface area (Å²) in [6.07, 6.45) is 8.38. The Morgan fingerprint density at radius 3 is 2.95 bits per heavy atom. The van der Waals surface area contributed by atoms with Gasteiger partial charge >= 0.3 is 0 Å². The molecule has 1 aliphatic carbocycles. The number of rotatable bonds is 5. The molecular weight excluding hydrogens is 268 g/mol. The average Bonchev–Trinajstić information content (AvgIpc) is 3.19. The summed E-state index contributed by atoms with van der Waals surface area (Å²) < 4.78 is 2.10. The van der Waals surface area contributed by atoms with Crippen molar-refractivity contribution in [1.82, 2.24) is 9.78 Å². The van der Waals surface area contributed by atoms with Gasteiger partial charge in [0.15, 0.2) is 0 Å². The van der Waals surface area contributed by atoms with Crippen LogP contribution in [0.15, 0.2) is 23.7 Å². The van der Waals surface area contributed by atoms with Crippen molar-refractivity contribution in [2.75, 3.05) is 0 Å². The van der Waals surface area contributed by atoms with Gasteiger partial charge in [0.1, 0.15) is 0 Å². The predicted molar refractivity (Wildman–Crippen MR) is 82.1 cm³/mol. The SMILES string of the molecule is CCc1ccsc1C(O)Cc1ccn(C2CCCC2)n1. The summed E-state index contributed by atoms with van der Waals surface area (Å²) in [5, 5.41) is 17.1. The highest BCUT2D eigenvalue weighted by molar-refractivity contribution is 7.10. The summed E-state index contributed by atoms with van der Waals surface area (Å²) in [7, 11) is 0. The molecule has 108 valence electrons. The second-order valence-electron chi connectivity index (χ2n) is 5.61. The number of thiophene rings is 1. The lowest BCUT2D eigenvalue weighted by atomic mass is 10.1. The van der Waals surface area contributed by atoms with Crippen LogP contribution in [0, 0.1) is 0 Å². The molecule has 2 aromatic rings. The number of aliphatic hydroxyl groups is 1. The number of hydrogen-bond acceptors (Lipinski definition) is 3. The van der Waals surface area contributed by atoms with E-state index in [1.54, 1.807) is 11.3 Å². The molecular formula is C16H22N2OS. The van der Waals surface area contributed by atoms with Gasteiger partial charge in [-0.25, -0.2) is 0 Å². The Bertz CT molecular complexity index is 554. The van der Waals surface area contributed by atoms with Crippen LogP contribution in [0.1, 0.15) is 60.9 Å². The molecule has 1 saturated carbocycles. The first-order chi connectivity index (χ1) is 9.78. The Kier molecular flexibility index (Phi) is 4.22. The maximum absolute atomic E-state index is 10.4. The highest BCUT2D eigenvalue weighted by atomic mass is 32.1. The van der Waals surface area contributed by atoms with Crippen LogP contribution in [-0.2, 0) is 12.8 Å². The fourth-order valence-electron chi connectivity index (χ4n) is 3.08. The molecule has 0 bridgehead atoms. The van der Waals surface area contributed by atoms with Gasteiger partial charge in [-0.1, -0.05) is 19.8 Å². The molecule has 0 saturated heterocycles. The lowest BCUT2D eigenvalue weighted by molar-refractivity contribution is 0.179. The van der Waals surface area contributed by atoms with Crippen molar-refractivity contribution >= 4 is 11.3 Å². The zero-order valence-corrected chi connectivity index (χ0v) is 12.8. The third-order valence-corrected chi connectivity index (χ3v) is 5.29. The van der Waals surface area contributed by atoms with Crippen LogP contribution in [0.25, 0.3) is 0 Å². The molecule has 0 amide bonds. The third kappa shape index (κ3) is 2.81. The van der Waals surface area contributed by atoms with E-state index in [1.807, 2.05) is 0 Å². The summed E-state index contributed by atoms with van der Waals surface area (Å²) in [6, 6.07) is 4.75. The lowest BCUT2D eigenvalue weighted by Gasteiger charge is -2.11. The van der Waals surface area contributed by atoms with Crippen molar-refractivity contribution in [1.29, 1.82) is 0 Å². The Hall–Kier alpha value is -1.13. The van der Waals surface area contributed by atoms with E-state index in [0.29, 0.717) is 12.5 Å². The van der Waals surface area contributed by atoms with Crippen LogP contribution in [0.4, 0.5) is 0 Å². The summed E-state index contributed by atoms with van der Waals surface area (Å²) >= 11 is 1.65. The topological polar surface area (TPSA) is 38.0 Å². The first-order valence-corrected chi connectivity index (χ1v) is 8.44. The molecule has 2 aromatic heterocycles.